The molecular weight excluding hydrogens is 767 g/mol. The number of allylic oxidation sites excluding steroid dienone is 11. The van der Waals surface area contributed by atoms with Crippen LogP contribution in [0.5, 0.6) is 0 Å². The molecule has 1 aliphatic heterocycles. The van der Waals surface area contributed by atoms with Crippen molar-refractivity contribution in [2.24, 2.45) is 17.3 Å². The maximum atomic E-state index is 2.62. The quantitative estimate of drug-likeness (QED) is 0.167. The Hall–Kier alpha value is -6.48. The van der Waals surface area contributed by atoms with E-state index in [1.807, 2.05) is 11.3 Å². The summed E-state index contributed by atoms with van der Waals surface area (Å²) in [4.78, 5) is 4.01. The Morgan fingerprint density at radius 2 is 1.42 bits per heavy atom. The van der Waals surface area contributed by atoms with Gasteiger partial charge in [0.2, 0.25) is 0 Å². The molecule has 0 bridgehead atoms. The van der Waals surface area contributed by atoms with Crippen molar-refractivity contribution >= 4 is 49.5 Å². The molecule has 298 valence electrons. The highest BCUT2D eigenvalue weighted by Crippen LogP contribution is 2.71. The maximum absolute atomic E-state index is 2.62. The highest BCUT2D eigenvalue weighted by molar-refractivity contribution is 7.20. The summed E-state index contributed by atoms with van der Waals surface area (Å²) < 4.78 is 1.39. The minimum atomic E-state index is -0.218. The zero-order chi connectivity index (χ0) is 41.0. The van der Waals surface area contributed by atoms with Crippen LogP contribution in [0.2, 0.25) is 0 Å². The molecule has 6 aromatic carbocycles. The van der Waals surface area contributed by atoms with Crippen molar-refractivity contribution in [2.75, 3.05) is 4.90 Å². The van der Waals surface area contributed by atoms with Gasteiger partial charge in [0.05, 0.1) is 0 Å². The Bertz CT molecular complexity index is 3220. The first-order valence-corrected chi connectivity index (χ1v) is 23.4. The molecule has 0 saturated carbocycles. The standard InChI is InChI=1S/C60H47NS/c1-59-37-36-50-49-29-17-28-48(57(49)62-58(50)56(59)51-27-13-15-30-53(51)60(59,40-18-5-2-6-19-40)41-20-7-3-8-21-41)46-34-33-43(44-24-11-12-25-45(44)46)39-32-35-55-52(38-39)47-26-14-16-31-54(47)61(55)42-22-9-4-10-23-42/h2-13,15-20,22-25,27-37,41,52,56H,14,21,26,38H2,1H3. The van der Waals surface area contributed by atoms with Crippen LogP contribution in [0.15, 0.2) is 211 Å². The van der Waals surface area contributed by atoms with E-state index in [-0.39, 0.29) is 16.7 Å². The van der Waals surface area contributed by atoms with Gasteiger partial charge >= 0.3 is 0 Å². The summed E-state index contributed by atoms with van der Waals surface area (Å²) in [6, 6.07) is 52.9. The molecule has 0 N–H and O–H groups in total. The first-order valence-electron chi connectivity index (χ1n) is 22.6. The fourth-order valence-electron chi connectivity index (χ4n) is 13.0. The lowest BCUT2D eigenvalue weighted by Crippen LogP contribution is -2.48. The summed E-state index contributed by atoms with van der Waals surface area (Å²) >= 11 is 2.04. The second kappa shape index (κ2) is 13.8. The van der Waals surface area contributed by atoms with Crippen molar-refractivity contribution in [1.29, 1.82) is 0 Å². The molecule has 0 spiro atoms. The van der Waals surface area contributed by atoms with E-state index in [2.05, 4.69) is 212 Å². The minimum Gasteiger partial charge on any atom is -0.314 e. The lowest BCUT2D eigenvalue weighted by atomic mass is 9.51. The lowest BCUT2D eigenvalue weighted by molar-refractivity contribution is 0.190. The highest BCUT2D eigenvalue weighted by Gasteiger charge is 2.64. The molecule has 1 nitrogen and oxygen atoms in total. The Kier molecular flexibility index (Phi) is 8.04. The summed E-state index contributed by atoms with van der Waals surface area (Å²) in [6.07, 6.45) is 28.3. The fraction of sp³-hybridized carbons (Fsp3) is 0.167. The summed E-state index contributed by atoms with van der Waals surface area (Å²) in [7, 11) is 0. The number of anilines is 1. The molecule has 2 heteroatoms. The van der Waals surface area contributed by atoms with Crippen molar-refractivity contribution in [1.82, 2.24) is 0 Å². The average Bonchev–Trinajstić information content (AvgIpc) is 3.96. The lowest BCUT2D eigenvalue weighted by Gasteiger charge is -2.51. The number of benzene rings is 6. The number of para-hydroxylation sites is 1. The fourth-order valence-corrected chi connectivity index (χ4v) is 14.5. The summed E-state index contributed by atoms with van der Waals surface area (Å²) in [5, 5.41) is 4.03. The van der Waals surface area contributed by atoms with E-state index in [1.54, 1.807) is 5.57 Å². The van der Waals surface area contributed by atoms with Crippen molar-refractivity contribution < 1.29 is 0 Å². The Balaban J connectivity index is 0.944. The van der Waals surface area contributed by atoms with Gasteiger partial charge in [-0.25, -0.2) is 0 Å². The smallest absolute Gasteiger partial charge is 0.0458 e. The third-order valence-corrected chi connectivity index (χ3v) is 16.8. The Morgan fingerprint density at radius 3 is 2.26 bits per heavy atom. The average molecular weight is 814 g/mol. The molecule has 5 aliphatic carbocycles. The predicted octanol–water partition coefficient (Wildman–Crippen LogP) is 15.7. The Morgan fingerprint density at radius 1 is 0.661 bits per heavy atom. The van der Waals surface area contributed by atoms with E-state index < -0.39 is 0 Å². The third kappa shape index (κ3) is 4.90. The van der Waals surface area contributed by atoms with Crippen LogP contribution in [-0.4, -0.2) is 0 Å². The number of fused-ring (bicyclic) bond motifs is 10. The Labute approximate surface area is 368 Å². The molecule has 0 amide bonds. The number of rotatable bonds is 5. The van der Waals surface area contributed by atoms with E-state index in [0.717, 1.165) is 25.7 Å². The second-order valence-corrected chi connectivity index (χ2v) is 19.3. The largest absolute Gasteiger partial charge is 0.314 e. The molecule has 5 atom stereocenters. The van der Waals surface area contributed by atoms with Crippen LogP contribution < -0.4 is 4.90 Å². The molecule has 0 fully saturated rings. The van der Waals surface area contributed by atoms with Crippen molar-refractivity contribution in [2.45, 2.75) is 43.9 Å². The van der Waals surface area contributed by atoms with Crippen LogP contribution in [0.4, 0.5) is 5.69 Å². The normalized spacial score (nSPS) is 25.4. The number of hydrogen-bond donors (Lipinski definition) is 0. The molecular formula is C60H47NS. The van der Waals surface area contributed by atoms with Crippen LogP contribution in [0.3, 0.4) is 0 Å². The zero-order valence-electron chi connectivity index (χ0n) is 35.0. The van der Waals surface area contributed by atoms with Crippen molar-refractivity contribution in [3.05, 3.63) is 244 Å². The summed E-state index contributed by atoms with van der Waals surface area (Å²) in [5.41, 5.74) is 16.4. The van der Waals surface area contributed by atoms with Gasteiger partial charge in [0.1, 0.15) is 0 Å². The molecule has 2 heterocycles. The molecule has 0 radical (unpaired) electrons. The van der Waals surface area contributed by atoms with Crippen LogP contribution in [0, 0.1) is 17.3 Å². The van der Waals surface area contributed by atoms with E-state index in [1.165, 1.54) is 87.3 Å². The van der Waals surface area contributed by atoms with Gasteiger partial charge in [-0.15, -0.1) is 11.3 Å². The van der Waals surface area contributed by atoms with Gasteiger partial charge in [-0.05, 0) is 111 Å². The SMILES string of the molecule is CC12C=Cc3c(sc4c(-c5ccc(C6=CC=C7C(C6)C6=C(C=CCC6)N7c6ccccc6)c6ccccc56)cccc34)C1c1ccccc1C2(c1ccccc1)C1C=CC=CC1. The van der Waals surface area contributed by atoms with E-state index >= 15 is 0 Å². The summed E-state index contributed by atoms with van der Waals surface area (Å²) in [6.45, 7) is 2.57. The van der Waals surface area contributed by atoms with Crippen LogP contribution in [0.1, 0.15) is 71.2 Å². The van der Waals surface area contributed by atoms with Gasteiger partial charge in [-0.2, -0.15) is 0 Å². The molecule has 1 aromatic heterocycles. The van der Waals surface area contributed by atoms with Gasteiger partial charge in [-0.1, -0.05) is 183 Å². The molecule has 0 saturated heterocycles. The molecule has 6 aliphatic rings. The highest BCUT2D eigenvalue weighted by atomic mass is 32.1. The van der Waals surface area contributed by atoms with Crippen molar-refractivity contribution in [3.8, 4) is 11.1 Å². The molecule has 62 heavy (non-hydrogen) atoms. The summed E-state index contributed by atoms with van der Waals surface area (Å²) in [5.74, 6) is 0.969. The molecule has 5 unspecified atom stereocenters. The number of hydrogen-bond acceptors (Lipinski definition) is 2. The van der Waals surface area contributed by atoms with Gasteiger partial charge < -0.3 is 4.90 Å². The van der Waals surface area contributed by atoms with E-state index in [0.29, 0.717) is 11.8 Å². The van der Waals surface area contributed by atoms with Gasteiger partial charge in [0.15, 0.2) is 0 Å². The first-order chi connectivity index (χ1) is 30.6. The van der Waals surface area contributed by atoms with E-state index in [9.17, 15) is 0 Å². The predicted molar refractivity (Wildman–Crippen MR) is 262 cm³/mol. The first kappa shape index (κ1) is 36.2. The number of nitrogens with zero attached hydrogens (tertiary/aromatic N) is 1. The molecule has 7 aromatic rings. The second-order valence-electron chi connectivity index (χ2n) is 18.3. The minimum absolute atomic E-state index is 0.176. The number of thiophene rings is 1. The third-order valence-electron chi connectivity index (χ3n) is 15.5. The topological polar surface area (TPSA) is 3.24 Å². The van der Waals surface area contributed by atoms with E-state index in [4.69, 9.17) is 0 Å². The van der Waals surface area contributed by atoms with Crippen LogP contribution in [-0.2, 0) is 5.41 Å². The van der Waals surface area contributed by atoms with Crippen LogP contribution >= 0.6 is 11.3 Å². The molecule has 13 rings (SSSR count). The van der Waals surface area contributed by atoms with Gasteiger partial charge in [0, 0.05) is 60.3 Å². The van der Waals surface area contributed by atoms with Crippen LogP contribution in [0.25, 0.3) is 43.6 Å². The monoisotopic (exact) mass is 813 g/mol. The van der Waals surface area contributed by atoms with Gasteiger partial charge in [0.25, 0.3) is 0 Å². The van der Waals surface area contributed by atoms with Gasteiger partial charge in [-0.3, -0.25) is 0 Å². The zero-order valence-corrected chi connectivity index (χ0v) is 35.8. The maximum Gasteiger partial charge on any atom is 0.0458 e. The van der Waals surface area contributed by atoms with Crippen molar-refractivity contribution in [3.63, 3.8) is 0 Å².